The molecule has 1 rings (SSSR count). The summed E-state index contributed by atoms with van der Waals surface area (Å²) in [5.41, 5.74) is 0.970. The number of aromatic nitrogens is 2. The van der Waals surface area contributed by atoms with Crippen LogP contribution in [0.1, 0.15) is 13.8 Å². The molecule has 0 bridgehead atoms. The number of nitrogens with zero attached hydrogens (tertiary/aromatic N) is 2. The van der Waals surface area contributed by atoms with E-state index >= 15 is 0 Å². The molecular formula is C11H16N2. The smallest absolute Gasteiger partial charge is 0.0991 e. The van der Waals surface area contributed by atoms with E-state index in [1.54, 1.807) is 24.7 Å². The summed E-state index contributed by atoms with van der Waals surface area (Å²) in [5, 5.41) is 0. The summed E-state index contributed by atoms with van der Waals surface area (Å²) >= 11 is 0. The Morgan fingerprint density at radius 1 is 1.38 bits per heavy atom. The molecule has 0 aliphatic heterocycles. The first-order valence-electron chi connectivity index (χ1n) is 4.32. The van der Waals surface area contributed by atoms with Gasteiger partial charge in [0, 0.05) is 18.1 Å². The molecule has 0 aromatic carbocycles. The van der Waals surface area contributed by atoms with Crippen molar-refractivity contribution in [3.05, 3.63) is 50.1 Å². The molecule has 0 fully saturated rings. The molecule has 0 saturated heterocycles. The van der Waals surface area contributed by atoms with Crippen molar-refractivity contribution < 1.29 is 0 Å². The van der Waals surface area contributed by atoms with Crippen LogP contribution in [0.25, 0.3) is 5.70 Å². The van der Waals surface area contributed by atoms with Gasteiger partial charge in [-0.3, -0.25) is 0 Å². The Balaban J connectivity index is 0.000000671. The van der Waals surface area contributed by atoms with Gasteiger partial charge in [-0.2, -0.15) is 0 Å². The predicted molar refractivity (Wildman–Crippen MR) is 58.2 cm³/mol. The lowest BCUT2D eigenvalue weighted by molar-refractivity contribution is 1.10. The van der Waals surface area contributed by atoms with Crippen molar-refractivity contribution in [3.8, 4) is 0 Å². The van der Waals surface area contributed by atoms with Crippen LogP contribution < -0.4 is 0 Å². The molecule has 0 atom stereocenters. The van der Waals surface area contributed by atoms with Gasteiger partial charge in [0.15, 0.2) is 0 Å². The molecule has 0 unspecified atom stereocenters. The summed E-state index contributed by atoms with van der Waals surface area (Å²) in [4.78, 5) is 3.91. The van der Waals surface area contributed by atoms with Gasteiger partial charge in [-0.05, 0) is 12.2 Å². The third kappa shape index (κ3) is 3.56. The Morgan fingerprint density at radius 3 is 2.46 bits per heavy atom. The number of allylic oxidation sites excluding steroid dienone is 4. The Morgan fingerprint density at radius 2 is 2.08 bits per heavy atom. The van der Waals surface area contributed by atoms with Crippen molar-refractivity contribution in [3.63, 3.8) is 0 Å². The van der Waals surface area contributed by atoms with E-state index in [1.807, 2.05) is 30.7 Å². The highest BCUT2D eigenvalue weighted by Crippen LogP contribution is 2.03. The van der Waals surface area contributed by atoms with Crippen LogP contribution in [-0.4, -0.2) is 9.55 Å². The van der Waals surface area contributed by atoms with Crippen LogP contribution in [-0.2, 0) is 0 Å². The van der Waals surface area contributed by atoms with E-state index in [-0.39, 0.29) is 0 Å². The Labute approximate surface area is 79.9 Å². The first kappa shape index (κ1) is 11.4. The molecule has 2 heteroatoms. The minimum absolute atomic E-state index is 0.970. The fourth-order valence-corrected chi connectivity index (χ4v) is 0.792. The highest BCUT2D eigenvalue weighted by atomic mass is 15.0. The standard InChI is InChI=1S/C9H10N2.C2H6/c1-3-5-9(4-2)11-7-6-10-8-11;1-2/h3-8H,1-2H2;1-2H3/b9-5+;. The lowest BCUT2D eigenvalue weighted by atomic mass is 10.4. The molecule has 0 spiro atoms. The summed E-state index contributed by atoms with van der Waals surface area (Å²) in [7, 11) is 0. The Kier molecular flexibility index (Phi) is 6.24. The van der Waals surface area contributed by atoms with Crippen LogP contribution in [0.5, 0.6) is 0 Å². The van der Waals surface area contributed by atoms with E-state index in [9.17, 15) is 0 Å². The molecule has 0 radical (unpaired) electrons. The second-order valence-electron chi connectivity index (χ2n) is 2.00. The topological polar surface area (TPSA) is 17.8 Å². The minimum Gasteiger partial charge on any atom is -0.306 e. The van der Waals surface area contributed by atoms with Crippen molar-refractivity contribution in [2.24, 2.45) is 0 Å². The number of hydrogen-bond acceptors (Lipinski definition) is 1. The van der Waals surface area contributed by atoms with E-state index < -0.39 is 0 Å². The van der Waals surface area contributed by atoms with E-state index in [0.717, 1.165) is 5.70 Å². The van der Waals surface area contributed by atoms with Crippen molar-refractivity contribution >= 4 is 5.70 Å². The van der Waals surface area contributed by atoms with Crippen LogP contribution in [0.4, 0.5) is 0 Å². The third-order valence-electron chi connectivity index (χ3n) is 1.30. The predicted octanol–water partition coefficient (Wildman–Crippen LogP) is 3.12. The maximum absolute atomic E-state index is 3.91. The van der Waals surface area contributed by atoms with E-state index in [2.05, 4.69) is 18.1 Å². The zero-order valence-corrected chi connectivity index (χ0v) is 8.27. The average Bonchev–Trinajstić information content (AvgIpc) is 2.70. The molecule has 2 nitrogen and oxygen atoms in total. The highest BCUT2D eigenvalue weighted by molar-refractivity contribution is 5.57. The second kappa shape index (κ2) is 7.10. The summed E-state index contributed by atoms with van der Waals surface area (Å²) in [6, 6.07) is 0. The zero-order valence-electron chi connectivity index (χ0n) is 8.27. The molecule has 70 valence electrons. The van der Waals surface area contributed by atoms with Crippen LogP contribution in [0.3, 0.4) is 0 Å². The molecule has 1 aromatic rings. The summed E-state index contributed by atoms with van der Waals surface area (Å²) in [5.74, 6) is 0. The van der Waals surface area contributed by atoms with Gasteiger partial charge in [-0.25, -0.2) is 4.98 Å². The summed E-state index contributed by atoms with van der Waals surface area (Å²) in [6.45, 7) is 11.3. The van der Waals surface area contributed by atoms with Crippen LogP contribution in [0.15, 0.2) is 50.1 Å². The monoisotopic (exact) mass is 176 g/mol. The maximum Gasteiger partial charge on any atom is 0.0991 e. The van der Waals surface area contributed by atoms with E-state index in [4.69, 9.17) is 0 Å². The van der Waals surface area contributed by atoms with E-state index in [1.165, 1.54) is 0 Å². The lowest BCUT2D eigenvalue weighted by Gasteiger charge is -1.99. The largest absolute Gasteiger partial charge is 0.306 e. The van der Waals surface area contributed by atoms with Crippen molar-refractivity contribution in [1.29, 1.82) is 0 Å². The first-order valence-corrected chi connectivity index (χ1v) is 4.32. The lowest BCUT2D eigenvalue weighted by Crippen LogP contribution is -1.88. The second-order valence-corrected chi connectivity index (χ2v) is 2.00. The van der Waals surface area contributed by atoms with Gasteiger partial charge in [0.25, 0.3) is 0 Å². The first-order chi connectivity index (χ1) is 6.38. The van der Waals surface area contributed by atoms with Crippen molar-refractivity contribution in [2.75, 3.05) is 0 Å². The SMILES string of the molecule is C=C/C=C(\C=C)n1ccnc1.CC. The Hall–Kier alpha value is -1.57. The van der Waals surface area contributed by atoms with Gasteiger partial charge in [0.1, 0.15) is 0 Å². The van der Waals surface area contributed by atoms with Crippen LogP contribution >= 0.6 is 0 Å². The number of hydrogen-bond donors (Lipinski definition) is 0. The van der Waals surface area contributed by atoms with Crippen LogP contribution in [0.2, 0.25) is 0 Å². The quantitative estimate of drug-likeness (QED) is 0.647. The molecule has 0 amide bonds. The molecule has 0 N–H and O–H groups in total. The van der Waals surface area contributed by atoms with Crippen molar-refractivity contribution in [2.45, 2.75) is 13.8 Å². The van der Waals surface area contributed by atoms with Crippen LogP contribution in [0, 0.1) is 0 Å². The summed E-state index contributed by atoms with van der Waals surface area (Å²) < 4.78 is 1.87. The fraction of sp³-hybridized carbons (Fsp3) is 0.182. The third-order valence-corrected chi connectivity index (χ3v) is 1.30. The Bertz CT molecular complexity index is 268. The average molecular weight is 176 g/mol. The van der Waals surface area contributed by atoms with Gasteiger partial charge in [0.2, 0.25) is 0 Å². The zero-order chi connectivity index (χ0) is 10.1. The number of rotatable bonds is 3. The number of imidazole rings is 1. The van der Waals surface area contributed by atoms with Gasteiger partial charge in [-0.1, -0.05) is 33.1 Å². The van der Waals surface area contributed by atoms with E-state index in [0.29, 0.717) is 0 Å². The van der Waals surface area contributed by atoms with Gasteiger partial charge >= 0.3 is 0 Å². The molecular weight excluding hydrogens is 160 g/mol. The highest BCUT2D eigenvalue weighted by Gasteiger charge is 1.90. The molecule has 1 aromatic heterocycles. The van der Waals surface area contributed by atoms with Crippen molar-refractivity contribution in [1.82, 2.24) is 9.55 Å². The van der Waals surface area contributed by atoms with Gasteiger partial charge in [0.05, 0.1) is 6.33 Å². The summed E-state index contributed by atoms with van der Waals surface area (Å²) in [6.07, 6.45) is 10.6. The molecule has 0 aliphatic rings. The minimum atomic E-state index is 0.970. The molecule has 0 aliphatic carbocycles. The molecule has 0 saturated carbocycles. The fourth-order valence-electron chi connectivity index (χ4n) is 0.792. The van der Waals surface area contributed by atoms with Gasteiger partial charge < -0.3 is 4.57 Å². The normalized spacial score (nSPS) is 9.85. The van der Waals surface area contributed by atoms with Gasteiger partial charge in [-0.15, -0.1) is 0 Å². The molecule has 1 heterocycles. The molecule has 13 heavy (non-hydrogen) atoms. The maximum atomic E-state index is 3.91.